The molecule has 0 spiro atoms. The molecule has 0 aromatic carbocycles. The zero-order valence-electron chi connectivity index (χ0n) is 10.5. The van der Waals surface area contributed by atoms with E-state index in [9.17, 15) is 10.1 Å². The number of fused-ring (bicyclic) bond motifs is 1. The Morgan fingerprint density at radius 2 is 2.22 bits per heavy atom. The number of anilines is 1. The molecule has 0 aliphatic heterocycles. The van der Waals surface area contributed by atoms with Gasteiger partial charge >= 0.3 is 0 Å². The lowest BCUT2D eigenvalue weighted by Gasteiger charge is -2.17. The molecule has 0 radical (unpaired) electrons. The van der Waals surface area contributed by atoms with Gasteiger partial charge < -0.3 is 5.32 Å². The van der Waals surface area contributed by atoms with Crippen molar-refractivity contribution in [2.24, 2.45) is 11.8 Å². The third-order valence-corrected chi connectivity index (χ3v) is 5.01. The lowest BCUT2D eigenvalue weighted by molar-refractivity contribution is -0.117. The molecule has 94 valence electrons. The number of amides is 1. The summed E-state index contributed by atoms with van der Waals surface area (Å²) in [5.41, 5.74) is 1.91. The molecule has 1 aromatic rings. The smallest absolute Gasteiger partial charge is 0.228 e. The van der Waals surface area contributed by atoms with Gasteiger partial charge in [0.2, 0.25) is 5.91 Å². The van der Waals surface area contributed by atoms with Gasteiger partial charge in [0.05, 0.1) is 5.56 Å². The van der Waals surface area contributed by atoms with Crippen molar-refractivity contribution in [1.29, 1.82) is 5.26 Å². The normalized spacial score (nSPS) is 22.1. The maximum Gasteiger partial charge on any atom is 0.228 e. The Morgan fingerprint density at radius 1 is 1.44 bits per heavy atom. The van der Waals surface area contributed by atoms with Crippen molar-refractivity contribution in [2.45, 2.75) is 39.0 Å². The fourth-order valence-corrected chi connectivity index (χ4v) is 3.72. The van der Waals surface area contributed by atoms with E-state index in [2.05, 4.69) is 18.3 Å². The Bertz CT molecular complexity index is 537. The molecule has 1 N–H and O–H groups in total. The van der Waals surface area contributed by atoms with Crippen LogP contribution in [-0.2, 0) is 17.6 Å². The molecule has 0 bridgehead atoms. The summed E-state index contributed by atoms with van der Waals surface area (Å²) in [5.74, 6) is 0.930. The molecule has 3 rings (SSSR count). The maximum absolute atomic E-state index is 11.8. The fraction of sp³-hybridized carbons (Fsp3) is 0.571. The predicted molar refractivity (Wildman–Crippen MR) is 71.6 cm³/mol. The second kappa shape index (κ2) is 4.40. The first-order valence-corrected chi connectivity index (χ1v) is 7.36. The van der Waals surface area contributed by atoms with Gasteiger partial charge in [0, 0.05) is 10.8 Å². The summed E-state index contributed by atoms with van der Waals surface area (Å²) in [7, 11) is 0. The van der Waals surface area contributed by atoms with Crippen molar-refractivity contribution >= 4 is 22.2 Å². The van der Waals surface area contributed by atoms with Crippen molar-refractivity contribution in [2.75, 3.05) is 5.32 Å². The van der Waals surface area contributed by atoms with Crippen molar-refractivity contribution in [3.05, 3.63) is 16.0 Å². The molecule has 2 aliphatic rings. The minimum absolute atomic E-state index is 0.0955. The Labute approximate surface area is 111 Å². The molecule has 1 heterocycles. The molecule has 1 amide bonds. The second-order valence-electron chi connectivity index (χ2n) is 5.43. The number of carbonyl (C=O) groups excluding carboxylic acids is 1. The van der Waals surface area contributed by atoms with E-state index in [4.69, 9.17) is 0 Å². The zero-order valence-corrected chi connectivity index (χ0v) is 11.3. The van der Waals surface area contributed by atoms with E-state index in [1.165, 1.54) is 16.9 Å². The van der Waals surface area contributed by atoms with E-state index in [1.54, 1.807) is 11.3 Å². The van der Waals surface area contributed by atoms with E-state index in [0.717, 1.165) is 36.2 Å². The van der Waals surface area contributed by atoms with Crippen LogP contribution in [0.1, 0.15) is 42.2 Å². The topological polar surface area (TPSA) is 52.9 Å². The molecular formula is C14H16N2OS. The van der Waals surface area contributed by atoms with Gasteiger partial charge in [-0.05, 0) is 43.6 Å². The highest BCUT2D eigenvalue weighted by Gasteiger charge is 2.31. The van der Waals surface area contributed by atoms with Gasteiger partial charge in [0.25, 0.3) is 0 Å². The van der Waals surface area contributed by atoms with Gasteiger partial charge in [0.15, 0.2) is 0 Å². The summed E-state index contributed by atoms with van der Waals surface area (Å²) in [6.07, 6.45) is 5.21. The Kier molecular flexibility index (Phi) is 2.87. The van der Waals surface area contributed by atoms with Crippen LogP contribution in [0.2, 0.25) is 0 Å². The summed E-state index contributed by atoms with van der Waals surface area (Å²) in [5, 5.41) is 13.1. The summed E-state index contributed by atoms with van der Waals surface area (Å²) in [6.45, 7) is 2.23. The van der Waals surface area contributed by atoms with E-state index in [1.807, 2.05) is 0 Å². The lowest BCUT2D eigenvalue weighted by Crippen LogP contribution is -2.13. The number of carbonyl (C=O) groups is 1. The molecule has 4 heteroatoms. The number of rotatable bonds is 2. The third-order valence-electron chi connectivity index (χ3n) is 3.80. The molecule has 2 aliphatic carbocycles. The molecule has 1 saturated carbocycles. The van der Waals surface area contributed by atoms with E-state index in [-0.39, 0.29) is 11.8 Å². The van der Waals surface area contributed by atoms with E-state index >= 15 is 0 Å². The molecule has 18 heavy (non-hydrogen) atoms. The van der Waals surface area contributed by atoms with Crippen molar-refractivity contribution in [3.63, 3.8) is 0 Å². The standard InChI is InChI=1S/C14H16N2OS/c1-8-2-5-12-10(6-8)11(7-15)14(18-12)16-13(17)9-3-4-9/h8-9H,2-6H2,1H3,(H,16,17). The Balaban J connectivity index is 1.90. The van der Waals surface area contributed by atoms with Crippen molar-refractivity contribution in [1.82, 2.24) is 0 Å². The number of hydrogen-bond donors (Lipinski definition) is 1. The number of nitrogens with zero attached hydrogens (tertiary/aromatic N) is 1. The van der Waals surface area contributed by atoms with Crippen molar-refractivity contribution in [3.8, 4) is 6.07 Å². The highest BCUT2D eigenvalue weighted by atomic mass is 32.1. The first-order chi connectivity index (χ1) is 8.69. The number of aryl methyl sites for hydroxylation is 1. The van der Waals surface area contributed by atoms with Gasteiger partial charge in [-0.25, -0.2) is 0 Å². The monoisotopic (exact) mass is 260 g/mol. The number of thiophene rings is 1. The van der Waals surface area contributed by atoms with Crippen LogP contribution in [-0.4, -0.2) is 5.91 Å². The van der Waals surface area contributed by atoms with Crippen LogP contribution in [0.25, 0.3) is 0 Å². The van der Waals surface area contributed by atoms with Crippen LogP contribution >= 0.6 is 11.3 Å². The summed E-state index contributed by atoms with van der Waals surface area (Å²) >= 11 is 1.61. The van der Waals surface area contributed by atoms with Crippen LogP contribution in [0.3, 0.4) is 0 Å². The van der Waals surface area contributed by atoms with Gasteiger partial charge in [0.1, 0.15) is 11.1 Å². The summed E-state index contributed by atoms with van der Waals surface area (Å²) < 4.78 is 0. The van der Waals surface area contributed by atoms with E-state index in [0.29, 0.717) is 5.92 Å². The predicted octanol–water partition coefficient (Wildman–Crippen LogP) is 3.09. The van der Waals surface area contributed by atoms with Gasteiger partial charge in [-0.2, -0.15) is 5.26 Å². The lowest BCUT2D eigenvalue weighted by atomic mass is 9.88. The molecule has 1 fully saturated rings. The van der Waals surface area contributed by atoms with E-state index < -0.39 is 0 Å². The Hall–Kier alpha value is -1.34. The average molecular weight is 260 g/mol. The van der Waals surface area contributed by atoms with Crippen LogP contribution in [0.4, 0.5) is 5.00 Å². The van der Waals surface area contributed by atoms with Gasteiger partial charge in [-0.3, -0.25) is 4.79 Å². The van der Waals surface area contributed by atoms with Crippen LogP contribution in [0, 0.1) is 23.2 Å². The second-order valence-corrected chi connectivity index (χ2v) is 6.54. The third kappa shape index (κ3) is 2.04. The fourth-order valence-electron chi connectivity index (χ4n) is 2.52. The van der Waals surface area contributed by atoms with Crippen molar-refractivity contribution < 1.29 is 4.79 Å². The number of hydrogen-bond acceptors (Lipinski definition) is 3. The highest BCUT2D eigenvalue weighted by Crippen LogP contribution is 2.40. The van der Waals surface area contributed by atoms with Crippen LogP contribution in [0.15, 0.2) is 0 Å². The summed E-state index contributed by atoms with van der Waals surface area (Å²) in [6, 6.07) is 2.28. The number of nitriles is 1. The van der Waals surface area contributed by atoms with Gasteiger partial charge in [-0.15, -0.1) is 11.3 Å². The number of nitrogens with one attached hydrogen (secondary N) is 1. The molecule has 1 aromatic heterocycles. The minimum Gasteiger partial charge on any atom is -0.316 e. The highest BCUT2D eigenvalue weighted by molar-refractivity contribution is 7.16. The van der Waals surface area contributed by atoms with Crippen LogP contribution < -0.4 is 5.32 Å². The first-order valence-electron chi connectivity index (χ1n) is 6.54. The quantitative estimate of drug-likeness (QED) is 0.888. The largest absolute Gasteiger partial charge is 0.316 e. The minimum atomic E-state index is 0.0955. The Morgan fingerprint density at radius 3 is 2.89 bits per heavy atom. The molecule has 0 saturated heterocycles. The molecule has 1 unspecified atom stereocenters. The van der Waals surface area contributed by atoms with Crippen LogP contribution in [0.5, 0.6) is 0 Å². The summed E-state index contributed by atoms with van der Waals surface area (Å²) in [4.78, 5) is 13.1. The van der Waals surface area contributed by atoms with Gasteiger partial charge in [-0.1, -0.05) is 6.92 Å². The zero-order chi connectivity index (χ0) is 12.7. The maximum atomic E-state index is 11.8. The molecular weight excluding hydrogens is 244 g/mol. The molecule has 3 nitrogen and oxygen atoms in total. The average Bonchev–Trinajstić information content (AvgIpc) is 3.13. The molecule has 1 atom stereocenters. The first kappa shape index (κ1) is 11.7. The SMILES string of the molecule is CC1CCc2sc(NC(=O)C3CC3)c(C#N)c2C1.